The Morgan fingerprint density at radius 2 is 1.94 bits per heavy atom. The van der Waals surface area contributed by atoms with Crippen LogP contribution in [0.3, 0.4) is 0 Å². The molecule has 0 saturated carbocycles. The highest BCUT2D eigenvalue weighted by molar-refractivity contribution is 5.79. The van der Waals surface area contributed by atoms with Crippen molar-refractivity contribution in [2.24, 2.45) is 0 Å². The maximum Gasteiger partial charge on any atom is 0.328 e. The SMILES string of the molecule is CCOC(=O)[C@H](C)Nc1c(C)cccc1C. The number of ether oxygens (including phenoxy) is 1. The van der Waals surface area contributed by atoms with Crippen LogP contribution >= 0.6 is 0 Å². The first-order valence-corrected chi connectivity index (χ1v) is 5.55. The fraction of sp³-hybridized carbons (Fsp3) is 0.462. The Bertz CT molecular complexity index is 354. The molecule has 0 spiro atoms. The van der Waals surface area contributed by atoms with Gasteiger partial charge in [-0.2, -0.15) is 0 Å². The van der Waals surface area contributed by atoms with Crippen molar-refractivity contribution in [1.29, 1.82) is 0 Å². The molecule has 0 fully saturated rings. The van der Waals surface area contributed by atoms with Gasteiger partial charge in [-0.1, -0.05) is 18.2 Å². The van der Waals surface area contributed by atoms with Gasteiger partial charge in [0.2, 0.25) is 0 Å². The highest BCUT2D eigenvalue weighted by atomic mass is 16.5. The number of anilines is 1. The molecule has 0 aromatic heterocycles. The number of esters is 1. The third kappa shape index (κ3) is 2.99. The number of aryl methyl sites for hydroxylation is 2. The summed E-state index contributed by atoms with van der Waals surface area (Å²) < 4.78 is 4.95. The van der Waals surface area contributed by atoms with Crippen molar-refractivity contribution in [3.05, 3.63) is 29.3 Å². The summed E-state index contributed by atoms with van der Waals surface area (Å²) in [5, 5.41) is 3.19. The molecule has 1 N–H and O–H groups in total. The van der Waals surface area contributed by atoms with Crippen LogP contribution in [0, 0.1) is 13.8 Å². The highest BCUT2D eigenvalue weighted by Crippen LogP contribution is 2.20. The van der Waals surface area contributed by atoms with Crippen LogP contribution in [0.2, 0.25) is 0 Å². The summed E-state index contributed by atoms with van der Waals surface area (Å²) in [5.41, 5.74) is 3.29. The van der Waals surface area contributed by atoms with Gasteiger partial charge in [0.15, 0.2) is 0 Å². The van der Waals surface area contributed by atoms with Crippen molar-refractivity contribution in [3.63, 3.8) is 0 Å². The normalized spacial score (nSPS) is 12.0. The van der Waals surface area contributed by atoms with Crippen LogP contribution in [-0.4, -0.2) is 18.6 Å². The lowest BCUT2D eigenvalue weighted by molar-refractivity contribution is -0.143. The second-order valence-electron chi connectivity index (χ2n) is 3.88. The number of benzene rings is 1. The predicted molar refractivity (Wildman–Crippen MR) is 65.6 cm³/mol. The Morgan fingerprint density at radius 1 is 1.38 bits per heavy atom. The zero-order valence-corrected chi connectivity index (χ0v) is 10.3. The third-order valence-electron chi connectivity index (χ3n) is 2.48. The lowest BCUT2D eigenvalue weighted by Crippen LogP contribution is -2.28. The van der Waals surface area contributed by atoms with Crippen molar-refractivity contribution in [1.82, 2.24) is 0 Å². The monoisotopic (exact) mass is 221 g/mol. The minimum Gasteiger partial charge on any atom is -0.464 e. The van der Waals surface area contributed by atoms with E-state index in [2.05, 4.69) is 5.32 Å². The van der Waals surface area contributed by atoms with E-state index in [0.29, 0.717) is 6.61 Å². The van der Waals surface area contributed by atoms with E-state index in [1.54, 1.807) is 0 Å². The van der Waals surface area contributed by atoms with Crippen LogP contribution in [-0.2, 0) is 9.53 Å². The summed E-state index contributed by atoms with van der Waals surface area (Å²) >= 11 is 0. The molecule has 1 aromatic carbocycles. The summed E-state index contributed by atoms with van der Waals surface area (Å²) in [6.45, 7) is 8.07. The number of para-hydroxylation sites is 1. The summed E-state index contributed by atoms with van der Waals surface area (Å²) in [6.07, 6.45) is 0. The predicted octanol–water partition coefficient (Wildman–Crippen LogP) is 2.67. The molecule has 0 heterocycles. The van der Waals surface area contributed by atoms with Crippen LogP contribution in [0.5, 0.6) is 0 Å². The van der Waals surface area contributed by atoms with E-state index in [0.717, 1.165) is 16.8 Å². The molecule has 3 nitrogen and oxygen atoms in total. The molecule has 3 heteroatoms. The van der Waals surface area contributed by atoms with Gasteiger partial charge in [0, 0.05) is 5.69 Å². The maximum atomic E-state index is 11.5. The van der Waals surface area contributed by atoms with Gasteiger partial charge in [-0.25, -0.2) is 4.79 Å². The molecule has 0 radical (unpaired) electrons. The Balaban J connectivity index is 2.76. The minimum absolute atomic E-state index is 0.217. The zero-order chi connectivity index (χ0) is 12.1. The first-order chi connectivity index (χ1) is 7.56. The third-order valence-corrected chi connectivity index (χ3v) is 2.48. The quantitative estimate of drug-likeness (QED) is 0.794. The summed E-state index contributed by atoms with van der Waals surface area (Å²) in [7, 11) is 0. The zero-order valence-electron chi connectivity index (χ0n) is 10.3. The van der Waals surface area contributed by atoms with Gasteiger partial charge >= 0.3 is 5.97 Å². The number of rotatable bonds is 4. The largest absolute Gasteiger partial charge is 0.464 e. The molecule has 0 saturated heterocycles. The fourth-order valence-electron chi connectivity index (χ4n) is 1.58. The van der Waals surface area contributed by atoms with Crippen LogP contribution in [0.25, 0.3) is 0 Å². The Labute approximate surface area is 96.8 Å². The summed E-state index contributed by atoms with van der Waals surface area (Å²) in [4.78, 5) is 11.5. The fourth-order valence-corrected chi connectivity index (χ4v) is 1.58. The van der Waals surface area contributed by atoms with Crippen LogP contribution in [0.1, 0.15) is 25.0 Å². The van der Waals surface area contributed by atoms with Crippen molar-refractivity contribution >= 4 is 11.7 Å². The summed E-state index contributed by atoms with van der Waals surface area (Å²) in [6, 6.07) is 5.73. The molecule has 0 aliphatic heterocycles. The van der Waals surface area contributed by atoms with E-state index in [-0.39, 0.29) is 12.0 Å². The van der Waals surface area contributed by atoms with Crippen molar-refractivity contribution < 1.29 is 9.53 Å². The number of hydrogen-bond donors (Lipinski definition) is 1. The lowest BCUT2D eigenvalue weighted by Gasteiger charge is -2.17. The molecule has 1 rings (SSSR count). The first-order valence-electron chi connectivity index (χ1n) is 5.55. The van der Waals surface area contributed by atoms with E-state index in [4.69, 9.17) is 4.74 Å². The van der Waals surface area contributed by atoms with Crippen molar-refractivity contribution in [3.8, 4) is 0 Å². The molecule has 0 bridgehead atoms. The first kappa shape index (κ1) is 12.6. The number of nitrogens with one attached hydrogen (secondary N) is 1. The molecule has 1 atom stereocenters. The molecule has 0 aliphatic rings. The number of hydrogen-bond acceptors (Lipinski definition) is 3. The minimum atomic E-state index is -0.320. The Kier molecular flexibility index (Phi) is 4.35. The molecule has 1 aromatic rings. The lowest BCUT2D eigenvalue weighted by atomic mass is 10.1. The van der Waals surface area contributed by atoms with Crippen molar-refractivity contribution in [2.75, 3.05) is 11.9 Å². The molecule has 88 valence electrons. The van der Waals surface area contributed by atoms with Gasteiger partial charge in [0.05, 0.1) is 6.61 Å². The van der Waals surface area contributed by atoms with Gasteiger partial charge < -0.3 is 10.1 Å². The van der Waals surface area contributed by atoms with Crippen LogP contribution < -0.4 is 5.32 Å². The molecule has 0 unspecified atom stereocenters. The average molecular weight is 221 g/mol. The van der Waals surface area contributed by atoms with E-state index in [9.17, 15) is 4.79 Å². The molecule has 0 amide bonds. The van der Waals surface area contributed by atoms with E-state index >= 15 is 0 Å². The Morgan fingerprint density at radius 3 is 2.44 bits per heavy atom. The van der Waals surface area contributed by atoms with Gasteiger partial charge in [-0.15, -0.1) is 0 Å². The van der Waals surface area contributed by atoms with E-state index < -0.39 is 0 Å². The summed E-state index contributed by atoms with van der Waals surface area (Å²) in [5.74, 6) is -0.217. The van der Waals surface area contributed by atoms with Gasteiger partial charge in [-0.05, 0) is 38.8 Å². The van der Waals surface area contributed by atoms with E-state index in [1.165, 1.54) is 0 Å². The van der Waals surface area contributed by atoms with Gasteiger partial charge in [0.25, 0.3) is 0 Å². The van der Waals surface area contributed by atoms with Gasteiger partial charge in [-0.3, -0.25) is 0 Å². The smallest absolute Gasteiger partial charge is 0.328 e. The molecule has 0 aliphatic carbocycles. The molecular weight excluding hydrogens is 202 g/mol. The average Bonchev–Trinajstić information content (AvgIpc) is 2.23. The van der Waals surface area contributed by atoms with Crippen LogP contribution in [0.15, 0.2) is 18.2 Å². The maximum absolute atomic E-state index is 11.5. The topological polar surface area (TPSA) is 38.3 Å². The second kappa shape index (κ2) is 5.54. The van der Waals surface area contributed by atoms with Crippen molar-refractivity contribution in [2.45, 2.75) is 33.7 Å². The van der Waals surface area contributed by atoms with Gasteiger partial charge in [0.1, 0.15) is 6.04 Å². The highest BCUT2D eigenvalue weighted by Gasteiger charge is 2.15. The molecular formula is C13H19NO2. The Hall–Kier alpha value is -1.51. The number of carbonyl (C=O) groups is 1. The standard InChI is InChI=1S/C13H19NO2/c1-5-16-13(15)11(4)14-12-9(2)7-6-8-10(12)3/h6-8,11,14H,5H2,1-4H3/t11-/m0/s1. The number of carbonyl (C=O) groups excluding carboxylic acids is 1. The second-order valence-corrected chi connectivity index (χ2v) is 3.88. The van der Waals surface area contributed by atoms with E-state index in [1.807, 2.05) is 45.9 Å². The van der Waals surface area contributed by atoms with Crippen LogP contribution in [0.4, 0.5) is 5.69 Å². The molecule has 16 heavy (non-hydrogen) atoms.